The fraction of sp³-hybridized carbons (Fsp3) is 0.647. The third kappa shape index (κ3) is 3.33. The zero-order chi connectivity index (χ0) is 14.2. The summed E-state index contributed by atoms with van der Waals surface area (Å²) in [6, 6.07) is 7.47. The summed E-state index contributed by atoms with van der Waals surface area (Å²) in [6.07, 6.45) is 4.64. The molecule has 0 radical (unpaired) electrons. The van der Waals surface area contributed by atoms with Crippen molar-refractivity contribution in [2.24, 2.45) is 0 Å². The van der Waals surface area contributed by atoms with Gasteiger partial charge in [0.1, 0.15) is 0 Å². The van der Waals surface area contributed by atoms with Gasteiger partial charge in [-0.2, -0.15) is 0 Å². The molecular formula is C17H26N2O. The molecule has 3 rings (SSSR count). The average Bonchev–Trinajstić information content (AvgIpc) is 3.20. The molecule has 0 spiro atoms. The number of rotatable bonds is 4. The highest BCUT2D eigenvalue weighted by Gasteiger charge is 2.28. The first kappa shape index (κ1) is 13.9. The average molecular weight is 274 g/mol. The number of β-amino-alcohol motifs (C(OH)–C–C–N with tert-alkyl or cyclic N) is 1. The molecule has 2 aliphatic rings. The van der Waals surface area contributed by atoms with Gasteiger partial charge in [-0.05, 0) is 62.8 Å². The number of aliphatic hydroxyl groups is 1. The van der Waals surface area contributed by atoms with Crippen molar-refractivity contribution < 1.29 is 5.11 Å². The minimum atomic E-state index is -0.543. The molecule has 20 heavy (non-hydrogen) atoms. The number of aryl methyl sites for hydroxylation is 1. The second-order valence-corrected chi connectivity index (χ2v) is 6.79. The van der Waals surface area contributed by atoms with E-state index in [0.717, 1.165) is 38.5 Å². The predicted octanol–water partition coefficient (Wildman–Crippen LogP) is 2.60. The van der Waals surface area contributed by atoms with Crippen LogP contribution < -0.4 is 10.2 Å². The molecule has 1 aromatic rings. The molecule has 0 bridgehead atoms. The molecule has 0 amide bonds. The highest BCUT2D eigenvalue weighted by Crippen LogP contribution is 2.27. The zero-order valence-corrected chi connectivity index (χ0v) is 12.7. The molecule has 1 atom stereocenters. The molecule has 1 aromatic carbocycles. The molecule has 1 aliphatic heterocycles. The quantitative estimate of drug-likeness (QED) is 0.886. The fourth-order valence-corrected chi connectivity index (χ4v) is 3.06. The first-order chi connectivity index (χ1) is 9.53. The molecule has 1 unspecified atom stereocenters. The largest absolute Gasteiger partial charge is 0.388 e. The summed E-state index contributed by atoms with van der Waals surface area (Å²) >= 11 is 0. The van der Waals surface area contributed by atoms with Crippen molar-refractivity contribution in [3.63, 3.8) is 0 Å². The van der Waals surface area contributed by atoms with Gasteiger partial charge in [-0.25, -0.2) is 0 Å². The highest BCUT2D eigenvalue weighted by molar-refractivity contribution is 5.51. The van der Waals surface area contributed by atoms with Crippen molar-refractivity contribution in [2.45, 2.75) is 57.7 Å². The maximum absolute atomic E-state index is 10.2. The number of nitrogens with one attached hydrogen (secondary N) is 1. The Labute approximate surface area is 122 Å². The smallest absolute Gasteiger partial charge is 0.0794 e. The van der Waals surface area contributed by atoms with Crippen LogP contribution in [0.1, 0.15) is 43.7 Å². The first-order valence-corrected chi connectivity index (χ1v) is 7.84. The summed E-state index contributed by atoms with van der Waals surface area (Å²) in [6.45, 7) is 6.91. The van der Waals surface area contributed by atoms with Gasteiger partial charge in [0, 0.05) is 31.4 Å². The third-order valence-electron chi connectivity index (χ3n) is 4.52. The summed E-state index contributed by atoms with van der Waals surface area (Å²) < 4.78 is 0. The second-order valence-electron chi connectivity index (χ2n) is 6.79. The van der Waals surface area contributed by atoms with Gasteiger partial charge in [0.2, 0.25) is 0 Å². The van der Waals surface area contributed by atoms with Crippen molar-refractivity contribution >= 4 is 5.69 Å². The van der Waals surface area contributed by atoms with Gasteiger partial charge in [0.15, 0.2) is 0 Å². The summed E-state index contributed by atoms with van der Waals surface area (Å²) in [5, 5.41) is 13.8. The van der Waals surface area contributed by atoms with E-state index in [1.807, 2.05) is 6.92 Å². The van der Waals surface area contributed by atoms with Gasteiger partial charge in [-0.1, -0.05) is 6.07 Å². The van der Waals surface area contributed by atoms with Crippen LogP contribution in [0.3, 0.4) is 0 Å². The molecule has 3 nitrogen and oxygen atoms in total. The van der Waals surface area contributed by atoms with E-state index in [1.54, 1.807) is 0 Å². The summed E-state index contributed by atoms with van der Waals surface area (Å²) in [5.74, 6) is 0. The predicted molar refractivity (Wildman–Crippen MR) is 83.1 cm³/mol. The fourth-order valence-electron chi connectivity index (χ4n) is 3.06. The summed E-state index contributed by atoms with van der Waals surface area (Å²) in [5.41, 5.74) is 3.45. The van der Waals surface area contributed by atoms with E-state index in [2.05, 4.69) is 35.3 Å². The van der Waals surface area contributed by atoms with Crippen LogP contribution in [0.2, 0.25) is 0 Å². The number of benzene rings is 1. The van der Waals surface area contributed by atoms with E-state index in [1.165, 1.54) is 29.7 Å². The van der Waals surface area contributed by atoms with Crippen LogP contribution in [-0.4, -0.2) is 29.8 Å². The first-order valence-electron chi connectivity index (χ1n) is 7.84. The van der Waals surface area contributed by atoms with Crippen LogP contribution >= 0.6 is 0 Å². The van der Waals surface area contributed by atoms with Crippen LogP contribution in [0, 0.1) is 6.92 Å². The van der Waals surface area contributed by atoms with E-state index < -0.39 is 5.60 Å². The van der Waals surface area contributed by atoms with Crippen LogP contribution in [-0.2, 0) is 6.54 Å². The molecule has 2 N–H and O–H groups in total. The van der Waals surface area contributed by atoms with Crippen molar-refractivity contribution in [1.82, 2.24) is 5.32 Å². The van der Waals surface area contributed by atoms with Crippen molar-refractivity contribution in [3.8, 4) is 0 Å². The van der Waals surface area contributed by atoms with Gasteiger partial charge in [0.05, 0.1) is 5.60 Å². The molecule has 3 heteroatoms. The SMILES string of the molecule is Cc1cc(N2CCCC(C)(O)C2)ccc1CNC1CC1. The topological polar surface area (TPSA) is 35.5 Å². The van der Waals surface area contributed by atoms with Crippen molar-refractivity contribution in [2.75, 3.05) is 18.0 Å². The molecule has 1 saturated carbocycles. The molecule has 1 aliphatic carbocycles. The third-order valence-corrected chi connectivity index (χ3v) is 4.52. The van der Waals surface area contributed by atoms with Gasteiger partial charge in [0.25, 0.3) is 0 Å². The number of anilines is 1. The van der Waals surface area contributed by atoms with Gasteiger partial charge >= 0.3 is 0 Å². The monoisotopic (exact) mass is 274 g/mol. The van der Waals surface area contributed by atoms with E-state index in [0.29, 0.717) is 0 Å². The molecule has 110 valence electrons. The lowest BCUT2D eigenvalue weighted by molar-refractivity contribution is 0.0449. The number of nitrogens with zero attached hydrogens (tertiary/aromatic N) is 1. The van der Waals surface area contributed by atoms with Gasteiger partial charge in [-0.15, -0.1) is 0 Å². The Balaban J connectivity index is 1.68. The standard InChI is InChI=1S/C17H26N2O/c1-13-10-16(19-9-3-8-17(2,20)12-19)7-4-14(13)11-18-15-5-6-15/h4,7,10,15,18,20H,3,5-6,8-9,11-12H2,1-2H3. The summed E-state index contributed by atoms with van der Waals surface area (Å²) in [4.78, 5) is 2.31. The molecule has 2 fully saturated rings. The Morgan fingerprint density at radius 3 is 2.85 bits per heavy atom. The Morgan fingerprint density at radius 1 is 1.40 bits per heavy atom. The van der Waals surface area contributed by atoms with Crippen LogP contribution in [0.4, 0.5) is 5.69 Å². The van der Waals surface area contributed by atoms with E-state index in [-0.39, 0.29) is 0 Å². The Kier molecular flexibility index (Phi) is 3.74. The lowest BCUT2D eigenvalue weighted by Gasteiger charge is -2.38. The Hall–Kier alpha value is -1.06. The molecule has 0 aromatic heterocycles. The van der Waals surface area contributed by atoms with Crippen LogP contribution in [0.5, 0.6) is 0 Å². The van der Waals surface area contributed by atoms with Crippen molar-refractivity contribution in [3.05, 3.63) is 29.3 Å². The summed E-state index contributed by atoms with van der Waals surface area (Å²) in [7, 11) is 0. The minimum Gasteiger partial charge on any atom is -0.388 e. The van der Waals surface area contributed by atoms with Crippen LogP contribution in [0.25, 0.3) is 0 Å². The Bertz CT molecular complexity index is 480. The lowest BCUT2D eigenvalue weighted by Crippen LogP contribution is -2.46. The number of piperidine rings is 1. The zero-order valence-electron chi connectivity index (χ0n) is 12.7. The maximum Gasteiger partial charge on any atom is 0.0794 e. The Morgan fingerprint density at radius 2 is 2.20 bits per heavy atom. The normalized spacial score (nSPS) is 26.9. The number of hydrogen-bond donors (Lipinski definition) is 2. The van der Waals surface area contributed by atoms with Crippen molar-refractivity contribution in [1.29, 1.82) is 0 Å². The second kappa shape index (κ2) is 5.38. The minimum absolute atomic E-state index is 0.543. The lowest BCUT2D eigenvalue weighted by atomic mass is 9.94. The van der Waals surface area contributed by atoms with Gasteiger partial charge in [-0.3, -0.25) is 0 Å². The van der Waals surface area contributed by atoms with Gasteiger partial charge < -0.3 is 15.3 Å². The maximum atomic E-state index is 10.2. The molecular weight excluding hydrogens is 248 g/mol. The van der Waals surface area contributed by atoms with E-state index >= 15 is 0 Å². The highest BCUT2D eigenvalue weighted by atomic mass is 16.3. The van der Waals surface area contributed by atoms with Crippen LogP contribution in [0.15, 0.2) is 18.2 Å². The number of hydrogen-bond acceptors (Lipinski definition) is 3. The molecule has 1 heterocycles. The van der Waals surface area contributed by atoms with E-state index in [4.69, 9.17) is 0 Å². The van der Waals surface area contributed by atoms with E-state index in [9.17, 15) is 5.11 Å². The molecule has 1 saturated heterocycles.